The van der Waals surface area contributed by atoms with Gasteiger partial charge in [0.15, 0.2) is 0 Å². The molecule has 5 nitrogen and oxygen atoms in total. The third-order valence-corrected chi connectivity index (χ3v) is 4.00. The molecular weight excluding hydrogens is 260 g/mol. The van der Waals surface area contributed by atoms with Crippen LogP contribution in [0, 0.1) is 11.8 Å². The van der Waals surface area contributed by atoms with Crippen LogP contribution in [0.15, 0.2) is 0 Å². The zero-order chi connectivity index (χ0) is 15.1. The van der Waals surface area contributed by atoms with Gasteiger partial charge >= 0.3 is 8.80 Å². The van der Waals surface area contributed by atoms with Crippen molar-refractivity contribution in [3.8, 4) is 0 Å². The molecule has 0 aromatic carbocycles. The summed E-state index contributed by atoms with van der Waals surface area (Å²) in [6.45, 7) is 10.1. The maximum atomic E-state index is 8.91. The first-order chi connectivity index (χ1) is 8.54. The fraction of sp³-hybridized carbons (Fsp3) is 1.00. The molecule has 0 aromatic heterocycles. The Labute approximate surface area is 118 Å². The molecule has 6 heteroatoms. The van der Waals surface area contributed by atoms with E-state index in [0.717, 1.165) is 19.4 Å². The molecule has 0 amide bonds. The largest absolute Gasteiger partial charge is 0.492 e. The van der Waals surface area contributed by atoms with Crippen molar-refractivity contribution in [1.82, 2.24) is 5.32 Å². The Morgan fingerprint density at radius 1 is 1.05 bits per heavy atom. The highest BCUT2D eigenvalue weighted by atomic mass is 28.4. The molecule has 0 aromatic rings. The average molecular weight is 292 g/mol. The monoisotopic (exact) mass is 292 g/mol. The Balaban J connectivity index is 4.06. The summed E-state index contributed by atoms with van der Waals surface area (Å²) in [5, 5.41) is 3.27. The van der Waals surface area contributed by atoms with Gasteiger partial charge in [-0.1, -0.05) is 27.7 Å². The SMILES string of the molecule is CC(C)CC(N)(CNCCC[Si](O)(O)O)CC(C)C. The second kappa shape index (κ2) is 8.34. The van der Waals surface area contributed by atoms with Crippen LogP contribution in [0.25, 0.3) is 0 Å². The summed E-state index contributed by atoms with van der Waals surface area (Å²) in [5.74, 6) is 1.11. The van der Waals surface area contributed by atoms with Crippen LogP contribution in [0.1, 0.15) is 47.0 Å². The van der Waals surface area contributed by atoms with Crippen molar-refractivity contribution in [2.75, 3.05) is 13.1 Å². The van der Waals surface area contributed by atoms with Gasteiger partial charge in [-0.2, -0.15) is 0 Å². The molecule has 0 rings (SSSR count). The average Bonchev–Trinajstić information content (AvgIpc) is 2.11. The van der Waals surface area contributed by atoms with Crippen LogP contribution in [-0.4, -0.2) is 41.8 Å². The van der Waals surface area contributed by atoms with E-state index in [0.29, 0.717) is 24.8 Å². The first-order valence-corrected chi connectivity index (χ1v) is 9.26. The summed E-state index contributed by atoms with van der Waals surface area (Å²) in [4.78, 5) is 26.7. The summed E-state index contributed by atoms with van der Waals surface area (Å²) >= 11 is 0. The van der Waals surface area contributed by atoms with Crippen LogP contribution in [0.5, 0.6) is 0 Å². The second-order valence-corrected chi connectivity index (χ2v) is 8.66. The number of hydrogen-bond donors (Lipinski definition) is 5. The summed E-state index contributed by atoms with van der Waals surface area (Å²) < 4.78 is 0. The van der Waals surface area contributed by atoms with E-state index in [4.69, 9.17) is 20.1 Å². The maximum Gasteiger partial charge on any atom is 0.492 e. The zero-order valence-electron chi connectivity index (χ0n) is 12.8. The van der Waals surface area contributed by atoms with E-state index in [1.807, 2.05) is 0 Å². The summed E-state index contributed by atoms with van der Waals surface area (Å²) in [6, 6.07) is 0.0753. The molecular formula is C13H32N2O3Si. The fourth-order valence-corrected chi connectivity index (χ4v) is 3.29. The van der Waals surface area contributed by atoms with Gasteiger partial charge in [0.2, 0.25) is 0 Å². The molecule has 116 valence electrons. The minimum atomic E-state index is -3.88. The van der Waals surface area contributed by atoms with Gasteiger partial charge in [0, 0.05) is 18.1 Å². The third-order valence-electron chi connectivity index (χ3n) is 2.97. The molecule has 0 atom stereocenters. The minimum absolute atomic E-state index is 0.0753. The lowest BCUT2D eigenvalue weighted by atomic mass is 9.82. The van der Waals surface area contributed by atoms with Gasteiger partial charge in [0.1, 0.15) is 0 Å². The van der Waals surface area contributed by atoms with E-state index in [1.54, 1.807) is 0 Å². The smallest absolute Gasteiger partial charge is 0.390 e. The lowest BCUT2D eigenvalue weighted by molar-refractivity contribution is 0.225. The van der Waals surface area contributed by atoms with Crippen molar-refractivity contribution < 1.29 is 14.4 Å². The Hall–Kier alpha value is 0.0169. The third kappa shape index (κ3) is 11.5. The van der Waals surface area contributed by atoms with E-state index in [1.165, 1.54) is 0 Å². The topological polar surface area (TPSA) is 98.7 Å². The summed E-state index contributed by atoms with van der Waals surface area (Å²) in [7, 11) is -3.88. The molecule has 0 fully saturated rings. The van der Waals surface area contributed by atoms with Crippen molar-refractivity contribution in [3.63, 3.8) is 0 Å². The molecule has 0 bridgehead atoms. The molecule has 0 aliphatic heterocycles. The van der Waals surface area contributed by atoms with Crippen LogP contribution >= 0.6 is 0 Å². The Bertz CT molecular complexity index is 233. The van der Waals surface area contributed by atoms with Crippen molar-refractivity contribution in [2.45, 2.75) is 58.5 Å². The fourth-order valence-electron chi connectivity index (χ4n) is 2.64. The van der Waals surface area contributed by atoms with Gasteiger partial charge in [-0.05, 0) is 37.6 Å². The Morgan fingerprint density at radius 3 is 1.89 bits per heavy atom. The summed E-state index contributed by atoms with van der Waals surface area (Å²) in [5.41, 5.74) is 6.25. The maximum absolute atomic E-state index is 8.91. The van der Waals surface area contributed by atoms with E-state index in [-0.39, 0.29) is 11.6 Å². The Kier molecular flexibility index (Phi) is 8.34. The van der Waals surface area contributed by atoms with Crippen molar-refractivity contribution in [2.24, 2.45) is 17.6 Å². The van der Waals surface area contributed by atoms with E-state index < -0.39 is 8.80 Å². The quantitative estimate of drug-likeness (QED) is 0.301. The predicted octanol–water partition coefficient (Wildman–Crippen LogP) is 0.672. The lowest BCUT2D eigenvalue weighted by Gasteiger charge is -2.33. The van der Waals surface area contributed by atoms with Gasteiger partial charge in [-0.25, -0.2) is 0 Å². The molecule has 0 heterocycles. The van der Waals surface area contributed by atoms with Gasteiger partial charge < -0.3 is 25.4 Å². The number of hydrogen-bond acceptors (Lipinski definition) is 5. The highest BCUT2D eigenvalue weighted by molar-refractivity contribution is 6.56. The Morgan fingerprint density at radius 2 is 1.53 bits per heavy atom. The van der Waals surface area contributed by atoms with Crippen molar-refractivity contribution in [1.29, 1.82) is 0 Å². The zero-order valence-corrected chi connectivity index (χ0v) is 13.8. The number of nitrogens with two attached hydrogens (primary N) is 1. The molecule has 6 N–H and O–H groups in total. The molecule has 0 saturated heterocycles. The normalized spacial score (nSPS) is 13.6. The van der Waals surface area contributed by atoms with Gasteiger partial charge in [0.05, 0.1) is 0 Å². The van der Waals surface area contributed by atoms with Crippen LogP contribution in [0.3, 0.4) is 0 Å². The first kappa shape index (κ1) is 19.0. The van der Waals surface area contributed by atoms with Gasteiger partial charge in [-0.3, -0.25) is 0 Å². The van der Waals surface area contributed by atoms with Crippen molar-refractivity contribution >= 4 is 8.80 Å². The van der Waals surface area contributed by atoms with E-state index in [2.05, 4.69) is 33.0 Å². The molecule has 0 radical (unpaired) electrons. The predicted molar refractivity (Wildman–Crippen MR) is 80.5 cm³/mol. The standard InChI is InChI=1S/C13H32N2O3Si/c1-11(2)8-13(14,9-12(3)4)10-15-6-5-7-19(16,17)18/h11-12,15-18H,5-10,14H2,1-4H3. The first-order valence-electron chi connectivity index (χ1n) is 7.21. The summed E-state index contributed by atoms with van der Waals surface area (Å²) in [6.07, 6.45) is 2.49. The molecule has 19 heavy (non-hydrogen) atoms. The number of nitrogens with one attached hydrogen (secondary N) is 1. The van der Waals surface area contributed by atoms with Crippen LogP contribution < -0.4 is 11.1 Å². The molecule has 0 aliphatic rings. The van der Waals surface area contributed by atoms with Gasteiger partial charge in [0.25, 0.3) is 0 Å². The molecule has 0 spiro atoms. The highest BCUT2D eigenvalue weighted by Crippen LogP contribution is 2.21. The van der Waals surface area contributed by atoms with Gasteiger partial charge in [-0.15, -0.1) is 0 Å². The highest BCUT2D eigenvalue weighted by Gasteiger charge is 2.28. The van der Waals surface area contributed by atoms with Crippen LogP contribution in [-0.2, 0) is 0 Å². The van der Waals surface area contributed by atoms with E-state index in [9.17, 15) is 0 Å². The van der Waals surface area contributed by atoms with Crippen LogP contribution in [0.2, 0.25) is 6.04 Å². The minimum Gasteiger partial charge on any atom is -0.390 e. The lowest BCUT2D eigenvalue weighted by Crippen LogP contribution is -2.51. The molecule has 0 saturated carbocycles. The van der Waals surface area contributed by atoms with E-state index >= 15 is 0 Å². The van der Waals surface area contributed by atoms with Crippen LogP contribution in [0.4, 0.5) is 0 Å². The molecule has 0 unspecified atom stereocenters. The second-order valence-electron chi connectivity index (χ2n) is 6.61. The molecule has 0 aliphatic carbocycles. The van der Waals surface area contributed by atoms with Crippen molar-refractivity contribution in [3.05, 3.63) is 0 Å². The number of rotatable bonds is 10.